The first-order chi connectivity index (χ1) is 8.63. The molecule has 0 radical (unpaired) electrons. The van der Waals surface area contributed by atoms with Crippen molar-refractivity contribution in [2.24, 2.45) is 11.8 Å². The van der Waals surface area contributed by atoms with Gasteiger partial charge in [-0.15, -0.1) is 0 Å². The van der Waals surface area contributed by atoms with Crippen molar-refractivity contribution in [2.45, 2.75) is 57.9 Å². The molecule has 0 aromatic carbocycles. The summed E-state index contributed by atoms with van der Waals surface area (Å²) in [6, 6.07) is -0.568. The number of amides is 1. The van der Waals surface area contributed by atoms with E-state index in [1.165, 1.54) is 6.42 Å². The molecule has 2 rings (SSSR count). The van der Waals surface area contributed by atoms with Crippen LogP contribution in [-0.4, -0.2) is 34.5 Å². The Kier molecular flexibility index (Phi) is 4.25. The molecule has 4 nitrogen and oxygen atoms in total. The summed E-state index contributed by atoms with van der Waals surface area (Å²) in [6.45, 7) is 2.83. The Bertz CT molecular complexity index is 321. The van der Waals surface area contributed by atoms with E-state index >= 15 is 0 Å². The van der Waals surface area contributed by atoms with Crippen LogP contribution in [-0.2, 0) is 9.59 Å². The minimum atomic E-state index is -0.844. The number of nitrogens with zero attached hydrogens (tertiary/aromatic N) is 1. The highest BCUT2D eigenvalue weighted by Crippen LogP contribution is 2.33. The molecule has 2 aliphatic rings. The van der Waals surface area contributed by atoms with E-state index in [-0.39, 0.29) is 11.8 Å². The molecule has 4 heteroatoms. The van der Waals surface area contributed by atoms with E-state index in [1.807, 2.05) is 0 Å². The van der Waals surface area contributed by atoms with Crippen LogP contribution in [0.25, 0.3) is 0 Å². The van der Waals surface area contributed by atoms with Crippen LogP contribution in [0.2, 0.25) is 0 Å². The second-order valence-corrected chi connectivity index (χ2v) is 5.65. The molecule has 1 saturated heterocycles. The van der Waals surface area contributed by atoms with Crippen molar-refractivity contribution < 1.29 is 14.7 Å². The van der Waals surface area contributed by atoms with Crippen LogP contribution >= 0.6 is 0 Å². The maximum Gasteiger partial charge on any atom is 0.326 e. The van der Waals surface area contributed by atoms with Gasteiger partial charge in [0.15, 0.2) is 0 Å². The topological polar surface area (TPSA) is 57.6 Å². The summed E-state index contributed by atoms with van der Waals surface area (Å²) in [7, 11) is 0. The van der Waals surface area contributed by atoms with Gasteiger partial charge in [0, 0.05) is 12.5 Å². The Hall–Kier alpha value is -1.06. The van der Waals surface area contributed by atoms with E-state index in [1.54, 1.807) is 4.90 Å². The largest absolute Gasteiger partial charge is 0.480 e. The lowest BCUT2D eigenvalue weighted by atomic mass is 9.80. The van der Waals surface area contributed by atoms with Crippen molar-refractivity contribution >= 4 is 11.9 Å². The number of carboxylic acids is 1. The molecule has 1 aliphatic heterocycles. The molecule has 102 valence electrons. The van der Waals surface area contributed by atoms with Crippen molar-refractivity contribution in [3.05, 3.63) is 0 Å². The summed E-state index contributed by atoms with van der Waals surface area (Å²) in [5.74, 6) is 0.0909. The third-order valence-electron chi connectivity index (χ3n) is 4.59. The molecule has 1 saturated carbocycles. The molecule has 1 aliphatic carbocycles. The first-order valence-electron chi connectivity index (χ1n) is 7.16. The van der Waals surface area contributed by atoms with Gasteiger partial charge in [-0.05, 0) is 44.4 Å². The predicted octanol–water partition coefficient (Wildman–Crippen LogP) is 2.28. The number of aliphatic carboxylic acids is 1. The minimum Gasteiger partial charge on any atom is -0.480 e. The molecule has 0 unspecified atom stereocenters. The van der Waals surface area contributed by atoms with Crippen LogP contribution in [0.4, 0.5) is 0 Å². The Balaban J connectivity index is 1.93. The van der Waals surface area contributed by atoms with Crippen LogP contribution in [0.15, 0.2) is 0 Å². The van der Waals surface area contributed by atoms with Gasteiger partial charge in [-0.25, -0.2) is 4.79 Å². The molecule has 0 aromatic rings. The van der Waals surface area contributed by atoms with Crippen LogP contribution in [0.1, 0.15) is 51.9 Å². The zero-order valence-corrected chi connectivity index (χ0v) is 11.1. The zero-order valence-electron chi connectivity index (χ0n) is 11.1. The van der Waals surface area contributed by atoms with Gasteiger partial charge >= 0.3 is 5.97 Å². The van der Waals surface area contributed by atoms with Crippen molar-refractivity contribution in [2.75, 3.05) is 6.54 Å². The summed E-state index contributed by atoms with van der Waals surface area (Å²) in [5, 5.41) is 9.12. The molecule has 1 heterocycles. The van der Waals surface area contributed by atoms with Gasteiger partial charge in [0.2, 0.25) is 5.91 Å². The monoisotopic (exact) mass is 253 g/mol. The van der Waals surface area contributed by atoms with Gasteiger partial charge in [-0.2, -0.15) is 0 Å². The number of rotatable bonds is 3. The van der Waals surface area contributed by atoms with E-state index < -0.39 is 12.0 Å². The maximum absolute atomic E-state index is 12.4. The second kappa shape index (κ2) is 5.72. The van der Waals surface area contributed by atoms with Gasteiger partial charge in [-0.1, -0.05) is 13.3 Å². The fourth-order valence-electron chi connectivity index (χ4n) is 3.34. The summed E-state index contributed by atoms with van der Waals surface area (Å²) in [4.78, 5) is 25.1. The van der Waals surface area contributed by atoms with Crippen LogP contribution < -0.4 is 0 Å². The number of likely N-dealkylation sites (tertiary alicyclic amines) is 1. The van der Waals surface area contributed by atoms with Crippen molar-refractivity contribution in [1.82, 2.24) is 4.90 Å². The predicted molar refractivity (Wildman–Crippen MR) is 68.1 cm³/mol. The number of carbonyl (C=O) groups excluding carboxylic acids is 1. The lowest BCUT2D eigenvalue weighted by Crippen LogP contribution is -2.44. The summed E-state index contributed by atoms with van der Waals surface area (Å²) in [5.41, 5.74) is 0. The van der Waals surface area contributed by atoms with Gasteiger partial charge in [0.05, 0.1) is 0 Å². The first kappa shape index (κ1) is 13.4. The third kappa shape index (κ3) is 2.68. The number of hydrogen-bond acceptors (Lipinski definition) is 2. The SMILES string of the molecule is CCC1CCC(C(=O)N2CCC[C@H]2C(=O)O)CC1. The Morgan fingerprint density at radius 2 is 1.83 bits per heavy atom. The van der Waals surface area contributed by atoms with Gasteiger partial charge in [-0.3, -0.25) is 4.79 Å². The number of carboxylic acid groups (broad SMARTS) is 1. The van der Waals surface area contributed by atoms with E-state index in [4.69, 9.17) is 5.11 Å². The Morgan fingerprint density at radius 1 is 1.17 bits per heavy atom. The molecule has 0 aromatic heterocycles. The van der Waals surface area contributed by atoms with Gasteiger partial charge in [0.25, 0.3) is 0 Å². The molecule has 0 bridgehead atoms. The first-order valence-corrected chi connectivity index (χ1v) is 7.16. The van der Waals surface area contributed by atoms with Crippen molar-refractivity contribution in [3.63, 3.8) is 0 Å². The average molecular weight is 253 g/mol. The smallest absolute Gasteiger partial charge is 0.326 e. The highest BCUT2D eigenvalue weighted by Gasteiger charge is 2.37. The van der Waals surface area contributed by atoms with Gasteiger partial charge < -0.3 is 10.0 Å². The van der Waals surface area contributed by atoms with E-state index in [0.717, 1.165) is 38.0 Å². The normalized spacial score (nSPS) is 32.5. The average Bonchev–Trinajstić information content (AvgIpc) is 2.87. The molecule has 1 N–H and O–H groups in total. The van der Waals surface area contributed by atoms with Crippen molar-refractivity contribution in [3.8, 4) is 0 Å². The fourth-order valence-corrected chi connectivity index (χ4v) is 3.34. The van der Waals surface area contributed by atoms with Crippen LogP contribution in [0.5, 0.6) is 0 Å². The third-order valence-corrected chi connectivity index (χ3v) is 4.59. The Morgan fingerprint density at radius 3 is 2.39 bits per heavy atom. The van der Waals surface area contributed by atoms with Crippen molar-refractivity contribution in [1.29, 1.82) is 0 Å². The lowest BCUT2D eigenvalue weighted by molar-refractivity contribution is -0.150. The molecule has 18 heavy (non-hydrogen) atoms. The quantitative estimate of drug-likeness (QED) is 0.839. The lowest BCUT2D eigenvalue weighted by Gasteiger charge is -2.31. The zero-order chi connectivity index (χ0) is 13.1. The van der Waals surface area contributed by atoms with E-state index in [9.17, 15) is 9.59 Å². The van der Waals surface area contributed by atoms with E-state index in [2.05, 4.69) is 6.92 Å². The molecular weight excluding hydrogens is 230 g/mol. The highest BCUT2D eigenvalue weighted by molar-refractivity contribution is 5.85. The maximum atomic E-state index is 12.4. The number of carbonyl (C=O) groups is 2. The molecular formula is C14H23NO3. The highest BCUT2D eigenvalue weighted by atomic mass is 16.4. The molecule has 1 atom stereocenters. The summed E-state index contributed by atoms with van der Waals surface area (Å²) in [6.07, 6.45) is 6.78. The summed E-state index contributed by atoms with van der Waals surface area (Å²) >= 11 is 0. The molecule has 2 fully saturated rings. The van der Waals surface area contributed by atoms with Crippen LogP contribution in [0.3, 0.4) is 0 Å². The minimum absolute atomic E-state index is 0.0766. The Labute approximate surface area is 108 Å². The number of hydrogen-bond donors (Lipinski definition) is 1. The van der Waals surface area contributed by atoms with E-state index in [0.29, 0.717) is 13.0 Å². The fraction of sp³-hybridized carbons (Fsp3) is 0.857. The molecule has 1 amide bonds. The standard InChI is InChI=1S/C14H23NO3/c1-2-10-5-7-11(8-6-10)13(16)15-9-3-4-12(15)14(17)18/h10-12H,2-9H2,1H3,(H,17,18)/t10?,11?,12-/m0/s1. The van der Waals surface area contributed by atoms with Crippen LogP contribution in [0, 0.1) is 11.8 Å². The second-order valence-electron chi connectivity index (χ2n) is 5.65. The summed E-state index contributed by atoms with van der Waals surface area (Å²) < 4.78 is 0. The molecule has 0 spiro atoms. The van der Waals surface area contributed by atoms with Gasteiger partial charge in [0.1, 0.15) is 6.04 Å².